The Morgan fingerprint density at radius 1 is 1.32 bits per heavy atom. The van der Waals surface area contributed by atoms with Gasteiger partial charge in [0.2, 0.25) is 0 Å². The van der Waals surface area contributed by atoms with Crippen molar-refractivity contribution in [1.82, 2.24) is 30.0 Å². The summed E-state index contributed by atoms with van der Waals surface area (Å²) >= 11 is 0. The molecule has 3 aromatic rings. The van der Waals surface area contributed by atoms with Gasteiger partial charge >= 0.3 is 0 Å². The molecular formula is C18H23N7. The lowest BCUT2D eigenvalue weighted by Gasteiger charge is -2.23. The summed E-state index contributed by atoms with van der Waals surface area (Å²) in [5.41, 5.74) is 4.65. The number of pyridine rings is 1. The third-order valence-corrected chi connectivity index (χ3v) is 4.92. The van der Waals surface area contributed by atoms with Crippen LogP contribution in [0.5, 0.6) is 0 Å². The Morgan fingerprint density at radius 2 is 2.20 bits per heavy atom. The highest BCUT2D eigenvalue weighted by Gasteiger charge is 2.16. The SMILES string of the molecule is Cc1c(-c2cc3nccnc3c(NCC3CCCNC3)n2)cnn1C. The molecule has 1 fully saturated rings. The van der Waals surface area contributed by atoms with E-state index in [9.17, 15) is 0 Å². The van der Waals surface area contributed by atoms with Gasteiger partial charge < -0.3 is 10.6 Å². The van der Waals surface area contributed by atoms with Crippen molar-refractivity contribution in [2.75, 3.05) is 25.0 Å². The molecule has 7 nitrogen and oxygen atoms in total. The van der Waals surface area contributed by atoms with Crippen LogP contribution in [0, 0.1) is 12.8 Å². The molecule has 1 aliphatic heterocycles. The molecule has 7 heteroatoms. The van der Waals surface area contributed by atoms with Crippen molar-refractivity contribution in [2.24, 2.45) is 13.0 Å². The van der Waals surface area contributed by atoms with E-state index in [4.69, 9.17) is 4.98 Å². The lowest BCUT2D eigenvalue weighted by Crippen LogP contribution is -2.33. The van der Waals surface area contributed by atoms with Crippen molar-refractivity contribution in [3.8, 4) is 11.3 Å². The standard InChI is InChI=1S/C18H23N7/c1-12-14(11-23-25(12)2)15-8-16-17(21-7-6-20-16)18(24-15)22-10-13-4-3-5-19-9-13/h6-8,11,13,19H,3-5,9-10H2,1-2H3,(H,22,24). The first-order chi connectivity index (χ1) is 12.2. The van der Waals surface area contributed by atoms with Crippen LogP contribution >= 0.6 is 0 Å². The Kier molecular flexibility index (Phi) is 4.31. The van der Waals surface area contributed by atoms with E-state index in [0.717, 1.165) is 53.4 Å². The van der Waals surface area contributed by atoms with Gasteiger partial charge in [-0.05, 0) is 44.8 Å². The van der Waals surface area contributed by atoms with Crippen LogP contribution in [0.3, 0.4) is 0 Å². The summed E-state index contributed by atoms with van der Waals surface area (Å²) in [5, 5.41) is 11.3. The van der Waals surface area contributed by atoms with Crippen molar-refractivity contribution in [2.45, 2.75) is 19.8 Å². The van der Waals surface area contributed by atoms with Gasteiger partial charge in [-0.3, -0.25) is 9.67 Å². The number of hydrogen-bond donors (Lipinski definition) is 2. The number of nitrogens with zero attached hydrogens (tertiary/aromatic N) is 5. The molecule has 0 aliphatic carbocycles. The van der Waals surface area contributed by atoms with Crippen LogP contribution in [-0.2, 0) is 7.05 Å². The zero-order valence-corrected chi connectivity index (χ0v) is 14.7. The smallest absolute Gasteiger partial charge is 0.154 e. The normalized spacial score (nSPS) is 17.8. The fraction of sp³-hybridized carbons (Fsp3) is 0.444. The third-order valence-electron chi connectivity index (χ3n) is 4.92. The van der Waals surface area contributed by atoms with Gasteiger partial charge in [-0.15, -0.1) is 0 Å². The highest BCUT2D eigenvalue weighted by Crippen LogP contribution is 2.27. The molecule has 0 radical (unpaired) electrons. The van der Waals surface area contributed by atoms with Crippen molar-refractivity contribution >= 4 is 16.9 Å². The van der Waals surface area contributed by atoms with E-state index < -0.39 is 0 Å². The molecule has 2 N–H and O–H groups in total. The molecular weight excluding hydrogens is 314 g/mol. The van der Waals surface area contributed by atoms with Gasteiger partial charge in [0.1, 0.15) is 5.52 Å². The summed E-state index contributed by atoms with van der Waals surface area (Å²) < 4.78 is 1.86. The van der Waals surface area contributed by atoms with Crippen molar-refractivity contribution in [1.29, 1.82) is 0 Å². The summed E-state index contributed by atoms with van der Waals surface area (Å²) in [6.07, 6.45) is 7.76. The fourth-order valence-corrected chi connectivity index (χ4v) is 3.32. The zero-order chi connectivity index (χ0) is 17.2. The molecule has 1 atom stereocenters. The first-order valence-corrected chi connectivity index (χ1v) is 8.77. The number of fused-ring (bicyclic) bond motifs is 1. The van der Waals surface area contributed by atoms with Gasteiger partial charge in [0.15, 0.2) is 5.82 Å². The Balaban J connectivity index is 1.70. The van der Waals surface area contributed by atoms with Gasteiger partial charge in [-0.25, -0.2) is 9.97 Å². The van der Waals surface area contributed by atoms with Crippen LogP contribution in [0.25, 0.3) is 22.3 Å². The second kappa shape index (κ2) is 6.76. The number of nitrogens with one attached hydrogen (secondary N) is 2. The number of rotatable bonds is 4. The third kappa shape index (κ3) is 3.19. The maximum Gasteiger partial charge on any atom is 0.154 e. The molecule has 0 saturated carbocycles. The van der Waals surface area contributed by atoms with E-state index in [0.29, 0.717) is 5.92 Å². The van der Waals surface area contributed by atoms with Crippen molar-refractivity contribution < 1.29 is 0 Å². The Morgan fingerprint density at radius 3 is 2.96 bits per heavy atom. The predicted octanol–water partition coefficient (Wildman–Crippen LogP) is 2.15. The molecule has 4 rings (SSSR count). The van der Waals surface area contributed by atoms with E-state index in [2.05, 4.69) is 25.7 Å². The first-order valence-electron chi connectivity index (χ1n) is 8.77. The average Bonchev–Trinajstić information content (AvgIpc) is 2.99. The number of hydrogen-bond acceptors (Lipinski definition) is 6. The summed E-state index contributed by atoms with van der Waals surface area (Å²) in [5.74, 6) is 1.42. The summed E-state index contributed by atoms with van der Waals surface area (Å²) in [6, 6.07) is 1.99. The molecule has 0 bridgehead atoms. The number of aryl methyl sites for hydroxylation is 1. The van der Waals surface area contributed by atoms with E-state index >= 15 is 0 Å². The predicted molar refractivity (Wildman–Crippen MR) is 98.4 cm³/mol. The highest BCUT2D eigenvalue weighted by molar-refractivity contribution is 5.88. The van der Waals surface area contributed by atoms with Crippen LogP contribution in [0.2, 0.25) is 0 Å². The highest BCUT2D eigenvalue weighted by atomic mass is 15.3. The lowest BCUT2D eigenvalue weighted by atomic mass is 10.00. The zero-order valence-electron chi connectivity index (χ0n) is 14.7. The molecule has 0 spiro atoms. The number of anilines is 1. The molecule has 3 aromatic heterocycles. The van der Waals surface area contributed by atoms with Crippen LogP contribution in [0.4, 0.5) is 5.82 Å². The molecule has 1 unspecified atom stereocenters. The van der Waals surface area contributed by atoms with Crippen LogP contribution in [0.1, 0.15) is 18.5 Å². The quantitative estimate of drug-likeness (QED) is 0.759. The molecule has 0 aromatic carbocycles. The molecule has 0 amide bonds. The molecule has 4 heterocycles. The Labute approximate surface area is 146 Å². The molecule has 1 aliphatic rings. The summed E-state index contributed by atoms with van der Waals surface area (Å²) in [7, 11) is 1.94. The topological polar surface area (TPSA) is 80.6 Å². The Bertz CT molecular complexity index is 880. The molecule has 1 saturated heterocycles. The lowest BCUT2D eigenvalue weighted by molar-refractivity contribution is 0.392. The van der Waals surface area contributed by atoms with Gasteiger partial charge in [-0.2, -0.15) is 5.10 Å². The van der Waals surface area contributed by atoms with Crippen LogP contribution in [0.15, 0.2) is 24.7 Å². The van der Waals surface area contributed by atoms with E-state index in [-0.39, 0.29) is 0 Å². The summed E-state index contributed by atoms with van der Waals surface area (Å²) in [6.45, 7) is 5.11. The van der Waals surface area contributed by atoms with Gasteiger partial charge in [0, 0.05) is 37.2 Å². The molecule has 25 heavy (non-hydrogen) atoms. The maximum absolute atomic E-state index is 4.84. The van der Waals surface area contributed by atoms with Crippen LogP contribution in [-0.4, -0.2) is 44.4 Å². The van der Waals surface area contributed by atoms with Gasteiger partial charge in [-0.1, -0.05) is 0 Å². The molecule has 130 valence electrons. The first kappa shape index (κ1) is 16.0. The van der Waals surface area contributed by atoms with E-state index in [1.807, 2.05) is 30.9 Å². The van der Waals surface area contributed by atoms with Gasteiger partial charge in [0.25, 0.3) is 0 Å². The fourth-order valence-electron chi connectivity index (χ4n) is 3.32. The number of piperidine rings is 1. The second-order valence-corrected chi connectivity index (χ2v) is 6.64. The average molecular weight is 337 g/mol. The monoisotopic (exact) mass is 337 g/mol. The Hall–Kier alpha value is -2.54. The minimum Gasteiger partial charge on any atom is -0.368 e. The second-order valence-electron chi connectivity index (χ2n) is 6.64. The van der Waals surface area contributed by atoms with E-state index in [1.54, 1.807) is 12.4 Å². The minimum atomic E-state index is 0.617. The van der Waals surface area contributed by atoms with Gasteiger partial charge in [0.05, 0.1) is 17.4 Å². The number of aromatic nitrogens is 5. The largest absolute Gasteiger partial charge is 0.368 e. The van der Waals surface area contributed by atoms with E-state index in [1.165, 1.54) is 12.8 Å². The maximum atomic E-state index is 4.84. The van der Waals surface area contributed by atoms with Crippen LogP contribution < -0.4 is 10.6 Å². The minimum absolute atomic E-state index is 0.617. The summed E-state index contributed by atoms with van der Waals surface area (Å²) in [4.78, 5) is 13.8. The van der Waals surface area contributed by atoms with Crippen molar-refractivity contribution in [3.05, 3.63) is 30.4 Å². The van der Waals surface area contributed by atoms with Crippen molar-refractivity contribution in [3.63, 3.8) is 0 Å².